The van der Waals surface area contributed by atoms with E-state index in [1.807, 2.05) is 0 Å². The van der Waals surface area contributed by atoms with Crippen LogP contribution in [-0.2, 0) is 6.54 Å². The Hall–Kier alpha value is -0.710. The Labute approximate surface area is 127 Å². The van der Waals surface area contributed by atoms with Gasteiger partial charge in [0.1, 0.15) is 5.75 Å². The zero-order chi connectivity index (χ0) is 14.4. The number of piperidine rings is 1. The Morgan fingerprint density at radius 3 is 2.95 bits per heavy atom. The van der Waals surface area contributed by atoms with Gasteiger partial charge in [-0.05, 0) is 62.8 Å². The van der Waals surface area contributed by atoms with E-state index in [4.69, 9.17) is 4.74 Å². The van der Waals surface area contributed by atoms with Gasteiger partial charge in [-0.15, -0.1) is 11.8 Å². The van der Waals surface area contributed by atoms with E-state index in [9.17, 15) is 0 Å². The summed E-state index contributed by atoms with van der Waals surface area (Å²) in [6.07, 6.45) is 4.75. The maximum Gasteiger partial charge on any atom is 0.132 e. The van der Waals surface area contributed by atoms with Crippen molar-refractivity contribution in [3.8, 4) is 5.75 Å². The van der Waals surface area contributed by atoms with E-state index < -0.39 is 0 Å². The monoisotopic (exact) mass is 294 g/mol. The summed E-state index contributed by atoms with van der Waals surface area (Å²) in [7, 11) is 3.96. The first-order chi connectivity index (χ1) is 9.72. The molecule has 0 aromatic heterocycles. The van der Waals surface area contributed by atoms with Crippen LogP contribution in [0.1, 0.15) is 18.4 Å². The van der Waals surface area contributed by atoms with Crippen LogP contribution in [-0.4, -0.2) is 44.9 Å². The number of ether oxygens (including phenoxy) is 1. The van der Waals surface area contributed by atoms with E-state index in [2.05, 4.69) is 41.7 Å². The zero-order valence-corrected chi connectivity index (χ0v) is 13.6. The molecule has 1 aliphatic heterocycles. The summed E-state index contributed by atoms with van der Waals surface area (Å²) >= 11 is 1.73. The SMILES string of the molecule is COc1cc(CN(C)C[C@H]2CCCNC2)ccc1SC. The molecule has 1 N–H and O–H groups in total. The fraction of sp³-hybridized carbons (Fsp3) is 0.625. The second kappa shape index (κ2) is 7.91. The predicted octanol–water partition coefficient (Wildman–Crippen LogP) is 2.85. The largest absolute Gasteiger partial charge is 0.496 e. The molecule has 0 amide bonds. The maximum absolute atomic E-state index is 5.46. The highest BCUT2D eigenvalue weighted by molar-refractivity contribution is 7.98. The van der Waals surface area contributed by atoms with Crippen LogP contribution >= 0.6 is 11.8 Å². The Bertz CT molecular complexity index is 419. The van der Waals surface area contributed by atoms with Crippen molar-refractivity contribution in [3.63, 3.8) is 0 Å². The van der Waals surface area contributed by atoms with Crippen LogP contribution in [0.3, 0.4) is 0 Å². The van der Waals surface area contributed by atoms with Crippen LogP contribution in [0.25, 0.3) is 0 Å². The van der Waals surface area contributed by atoms with Crippen LogP contribution in [0.15, 0.2) is 23.1 Å². The van der Waals surface area contributed by atoms with Gasteiger partial charge in [-0.3, -0.25) is 0 Å². The molecule has 2 rings (SSSR count). The van der Waals surface area contributed by atoms with Gasteiger partial charge in [0.05, 0.1) is 7.11 Å². The van der Waals surface area contributed by atoms with Crippen LogP contribution in [0.5, 0.6) is 5.75 Å². The molecule has 1 fully saturated rings. The first-order valence-electron chi connectivity index (χ1n) is 7.33. The molecule has 20 heavy (non-hydrogen) atoms. The van der Waals surface area contributed by atoms with Crippen molar-refractivity contribution in [1.82, 2.24) is 10.2 Å². The van der Waals surface area contributed by atoms with Crippen LogP contribution in [0.4, 0.5) is 0 Å². The molecule has 4 heteroatoms. The Morgan fingerprint density at radius 2 is 2.30 bits per heavy atom. The third kappa shape index (κ3) is 4.40. The summed E-state index contributed by atoms with van der Waals surface area (Å²) in [5.74, 6) is 1.78. The first-order valence-corrected chi connectivity index (χ1v) is 8.55. The highest BCUT2D eigenvalue weighted by Gasteiger charge is 2.15. The van der Waals surface area contributed by atoms with Gasteiger partial charge in [0.2, 0.25) is 0 Å². The van der Waals surface area contributed by atoms with Gasteiger partial charge in [-0.25, -0.2) is 0 Å². The normalized spacial score (nSPS) is 19.3. The Balaban J connectivity index is 1.91. The third-order valence-electron chi connectivity index (χ3n) is 3.87. The average Bonchev–Trinajstić information content (AvgIpc) is 2.48. The molecular weight excluding hydrogens is 268 g/mol. The molecule has 1 heterocycles. The summed E-state index contributed by atoms with van der Waals surface area (Å²) in [6.45, 7) is 4.51. The molecule has 0 unspecified atom stereocenters. The number of nitrogens with zero attached hydrogens (tertiary/aromatic N) is 1. The molecule has 1 saturated heterocycles. The lowest BCUT2D eigenvalue weighted by atomic mass is 9.99. The fourth-order valence-corrected chi connectivity index (χ4v) is 3.42. The zero-order valence-electron chi connectivity index (χ0n) is 12.8. The number of methoxy groups -OCH3 is 1. The number of rotatable bonds is 6. The van der Waals surface area contributed by atoms with E-state index in [1.54, 1.807) is 18.9 Å². The van der Waals surface area contributed by atoms with Crippen molar-refractivity contribution in [2.24, 2.45) is 5.92 Å². The number of hydrogen-bond donors (Lipinski definition) is 1. The lowest BCUT2D eigenvalue weighted by Gasteiger charge is -2.27. The summed E-state index contributed by atoms with van der Waals surface area (Å²) in [6, 6.07) is 6.54. The highest BCUT2D eigenvalue weighted by atomic mass is 32.2. The van der Waals surface area contributed by atoms with E-state index in [0.717, 1.165) is 18.2 Å². The van der Waals surface area contributed by atoms with Crippen molar-refractivity contribution in [2.75, 3.05) is 40.0 Å². The van der Waals surface area contributed by atoms with Gasteiger partial charge in [0, 0.05) is 18.0 Å². The van der Waals surface area contributed by atoms with Gasteiger partial charge >= 0.3 is 0 Å². The minimum absolute atomic E-state index is 0.793. The van der Waals surface area contributed by atoms with E-state index >= 15 is 0 Å². The van der Waals surface area contributed by atoms with Crippen molar-refractivity contribution >= 4 is 11.8 Å². The molecule has 1 atom stereocenters. The fourth-order valence-electron chi connectivity index (χ4n) is 2.88. The molecule has 0 radical (unpaired) electrons. The van der Waals surface area contributed by atoms with E-state index in [1.165, 1.54) is 42.9 Å². The number of nitrogens with one attached hydrogen (secondary N) is 1. The minimum atomic E-state index is 0.793. The number of thioether (sulfide) groups is 1. The smallest absolute Gasteiger partial charge is 0.132 e. The summed E-state index contributed by atoms with van der Waals surface area (Å²) in [5.41, 5.74) is 1.32. The quantitative estimate of drug-likeness (QED) is 0.816. The van der Waals surface area contributed by atoms with E-state index in [0.29, 0.717) is 0 Å². The van der Waals surface area contributed by atoms with Gasteiger partial charge in [-0.1, -0.05) is 6.07 Å². The first kappa shape index (κ1) is 15.7. The molecule has 1 aromatic rings. The highest BCUT2D eigenvalue weighted by Crippen LogP contribution is 2.28. The third-order valence-corrected chi connectivity index (χ3v) is 4.65. The van der Waals surface area contributed by atoms with Gasteiger partial charge in [0.15, 0.2) is 0 Å². The summed E-state index contributed by atoms with van der Waals surface area (Å²) in [4.78, 5) is 3.63. The lowest BCUT2D eigenvalue weighted by Crippen LogP contribution is -2.36. The summed E-state index contributed by atoms with van der Waals surface area (Å²) < 4.78 is 5.46. The molecule has 3 nitrogen and oxygen atoms in total. The Morgan fingerprint density at radius 1 is 1.45 bits per heavy atom. The van der Waals surface area contributed by atoms with Crippen LogP contribution in [0, 0.1) is 5.92 Å². The Kier molecular flexibility index (Phi) is 6.20. The number of benzene rings is 1. The van der Waals surface area contributed by atoms with Crippen molar-refractivity contribution < 1.29 is 4.74 Å². The van der Waals surface area contributed by atoms with Gasteiger partial charge in [0.25, 0.3) is 0 Å². The molecule has 0 spiro atoms. The predicted molar refractivity (Wildman–Crippen MR) is 86.7 cm³/mol. The van der Waals surface area contributed by atoms with Crippen molar-refractivity contribution in [3.05, 3.63) is 23.8 Å². The average molecular weight is 294 g/mol. The molecular formula is C16H26N2OS. The van der Waals surface area contributed by atoms with Crippen LogP contribution < -0.4 is 10.1 Å². The van der Waals surface area contributed by atoms with Crippen molar-refractivity contribution in [1.29, 1.82) is 0 Å². The second-order valence-corrected chi connectivity index (χ2v) is 6.45. The topological polar surface area (TPSA) is 24.5 Å². The van der Waals surface area contributed by atoms with Gasteiger partial charge < -0.3 is 15.0 Å². The summed E-state index contributed by atoms with van der Waals surface area (Å²) in [5, 5.41) is 3.49. The van der Waals surface area contributed by atoms with Gasteiger partial charge in [-0.2, -0.15) is 0 Å². The molecule has 1 aromatic carbocycles. The molecule has 0 aliphatic carbocycles. The lowest BCUT2D eigenvalue weighted by molar-refractivity contribution is 0.237. The van der Waals surface area contributed by atoms with Crippen molar-refractivity contribution in [2.45, 2.75) is 24.3 Å². The standard InChI is InChI=1S/C16H26N2OS/c1-18(12-14-5-4-8-17-10-14)11-13-6-7-16(20-3)15(9-13)19-2/h6-7,9,14,17H,4-5,8,10-12H2,1-3H3/t14-/m0/s1. The number of hydrogen-bond acceptors (Lipinski definition) is 4. The molecule has 112 valence electrons. The van der Waals surface area contributed by atoms with E-state index in [-0.39, 0.29) is 0 Å². The molecule has 0 saturated carbocycles. The maximum atomic E-state index is 5.46. The minimum Gasteiger partial charge on any atom is -0.496 e. The second-order valence-electron chi connectivity index (χ2n) is 5.60. The van der Waals surface area contributed by atoms with Crippen LogP contribution in [0.2, 0.25) is 0 Å². The molecule has 1 aliphatic rings. The molecule has 0 bridgehead atoms.